The molecule has 2 aromatic carbocycles. The van der Waals surface area contributed by atoms with Crippen LogP contribution in [0, 0.1) is 0 Å². The maximum absolute atomic E-state index is 13.2. The lowest BCUT2D eigenvalue weighted by Crippen LogP contribution is -2.51. The van der Waals surface area contributed by atoms with Gasteiger partial charge in [-0.2, -0.15) is 13.2 Å². The Labute approximate surface area is 186 Å². The molecule has 3 rings (SSSR count). The number of piperazine rings is 1. The van der Waals surface area contributed by atoms with Crippen LogP contribution in [0.3, 0.4) is 0 Å². The molecule has 1 fully saturated rings. The van der Waals surface area contributed by atoms with Crippen LogP contribution in [0.25, 0.3) is 11.1 Å². The van der Waals surface area contributed by atoms with Crippen LogP contribution < -0.4 is 0 Å². The molecule has 172 valence electrons. The van der Waals surface area contributed by atoms with E-state index >= 15 is 0 Å². The largest absolute Gasteiger partial charge is 0.416 e. The van der Waals surface area contributed by atoms with Crippen molar-refractivity contribution in [2.24, 2.45) is 0 Å². The van der Waals surface area contributed by atoms with E-state index in [-0.39, 0.29) is 11.8 Å². The van der Waals surface area contributed by atoms with E-state index in [2.05, 4.69) is 0 Å². The van der Waals surface area contributed by atoms with Gasteiger partial charge in [-0.25, -0.2) is 0 Å². The molecule has 32 heavy (non-hydrogen) atoms. The third kappa shape index (κ3) is 5.48. The zero-order chi connectivity index (χ0) is 23.3. The first kappa shape index (κ1) is 23.8. The molecule has 0 atom stereocenters. The summed E-state index contributed by atoms with van der Waals surface area (Å²) in [6.07, 6.45) is -4.40. The number of rotatable bonds is 6. The molecule has 1 saturated heterocycles. The molecule has 0 spiro atoms. The van der Waals surface area contributed by atoms with Crippen LogP contribution in [0.15, 0.2) is 48.5 Å². The normalized spacial score (nSPS) is 15.0. The molecule has 0 saturated carbocycles. The first-order valence-corrected chi connectivity index (χ1v) is 10.8. The van der Waals surface area contributed by atoms with Crippen LogP contribution in [0.4, 0.5) is 13.2 Å². The highest BCUT2D eigenvalue weighted by atomic mass is 19.4. The summed E-state index contributed by atoms with van der Waals surface area (Å²) in [5.74, 6) is -0.0716. The van der Waals surface area contributed by atoms with Crippen molar-refractivity contribution in [2.75, 3.05) is 45.8 Å². The number of hydrogen-bond acceptors (Lipinski definition) is 3. The lowest BCUT2D eigenvalue weighted by Gasteiger charge is -2.35. The summed E-state index contributed by atoms with van der Waals surface area (Å²) in [5, 5.41) is 0. The third-order valence-electron chi connectivity index (χ3n) is 5.82. The van der Waals surface area contributed by atoms with Crippen LogP contribution >= 0.6 is 0 Å². The highest BCUT2D eigenvalue weighted by Crippen LogP contribution is 2.32. The Morgan fingerprint density at radius 3 is 2.06 bits per heavy atom. The second-order valence-electron chi connectivity index (χ2n) is 7.76. The Morgan fingerprint density at radius 2 is 1.50 bits per heavy atom. The highest BCUT2D eigenvalue weighted by Gasteiger charge is 2.30. The Balaban J connectivity index is 1.69. The van der Waals surface area contributed by atoms with Gasteiger partial charge in [-0.05, 0) is 43.2 Å². The summed E-state index contributed by atoms with van der Waals surface area (Å²) < 4.78 is 38.6. The van der Waals surface area contributed by atoms with Gasteiger partial charge >= 0.3 is 6.18 Å². The average Bonchev–Trinajstić information content (AvgIpc) is 2.79. The SMILES string of the molecule is CCN(CC)C(=O)CN1CCN(C(=O)c2ccccc2-c2ccc(C(F)(F)F)cc2)CC1. The monoisotopic (exact) mass is 447 g/mol. The Morgan fingerprint density at radius 1 is 0.906 bits per heavy atom. The zero-order valence-electron chi connectivity index (χ0n) is 18.4. The molecule has 0 aromatic heterocycles. The number of likely N-dealkylation sites (N-methyl/N-ethyl adjacent to an activating group) is 1. The third-order valence-corrected chi connectivity index (χ3v) is 5.82. The molecule has 0 radical (unpaired) electrons. The number of nitrogens with zero attached hydrogens (tertiary/aromatic N) is 3. The predicted octanol–water partition coefficient (Wildman–Crippen LogP) is 4.00. The van der Waals surface area contributed by atoms with Gasteiger partial charge < -0.3 is 9.80 Å². The molecule has 0 bridgehead atoms. The smallest absolute Gasteiger partial charge is 0.342 e. The minimum atomic E-state index is -4.40. The highest BCUT2D eigenvalue weighted by molar-refractivity contribution is 6.01. The number of amides is 2. The van der Waals surface area contributed by atoms with Crippen molar-refractivity contribution in [3.63, 3.8) is 0 Å². The van der Waals surface area contributed by atoms with Gasteiger partial charge in [0, 0.05) is 44.8 Å². The molecule has 1 aliphatic heterocycles. The van der Waals surface area contributed by atoms with Crippen molar-refractivity contribution in [2.45, 2.75) is 20.0 Å². The molecule has 2 aromatic rings. The van der Waals surface area contributed by atoms with E-state index in [4.69, 9.17) is 0 Å². The standard InChI is InChI=1S/C24H28F3N3O2/c1-3-29(4-2)22(31)17-28-13-15-30(16-14-28)23(32)21-8-6-5-7-20(21)18-9-11-19(12-10-18)24(25,26)27/h5-12H,3-4,13-17H2,1-2H3. The average molecular weight is 448 g/mol. The summed E-state index contributed by atoms with van der Waals surface area (Å²) in [5.41, 5.74) is 0.899. The number of carbonyl (C=O) groups excluding carboxylic acids is 2. The molecular weight excluding hydrogens is 419 g/mol. The molecule has 1 aliphatic rings. The Kier molecular flexibility index (Phi) is 7.56. The molecule has 0 N–H and O–H groups in total. The quantitative estimate of drug-likeness (QED) is 0.673. The molecule has 2 amide bonds. The van der Waals surface area contributed by atoms with Gasteiger partial charge in [0.25, 0.3) is 5.91 Å². The molecule has 0 aliphatic carbocycles. The van der Waals surface area contributed by atoms with E-state index in [9.17, 15) is 22.8 Å². The maximum Gasteiger partial charge on any atom is 0.416 e. The second kappa shape index (κ2) is 10.2. The Hall–Kier alpha value is -2.87. The summed E-state index contributed by atoms with van der Waals surface area (Å²) in [6.45, 7) is 7.77. The van der Waals surface area contributed by atoms with Crippen molar-refractivity contribution in [1.29, 1.82) is 0 Å². The summed E-state index contributed by atoms with van der Waals surface area (Å²) in [4.78, 5) is 31.1. The van der Waals surface area contributed by atoms with Crippen molar-refractivity contribution in [1.82, 2.24) is 14.7 Å². The number of alkyl halides is 3. The predicted molar refractivity (Wildman–Crippen MR) is 117 cm³/mol. The van der Waals surface area contributed by atoms with E-state index in [1.54, 1.807) is 34.1 Å². The van der Waals surface area contributed by atoms with Crippen LogP contribution in [0.1, 0.15) is 29.8 Å². The summed E-state index contributed by atoms with van der Waals surface area (Å²) >= 11 is 0. The van der Waals surface area contributed by atoms with Crippen LogP contribution in [-0.4, -0.2) is 72.3 Å². The summed E-state index contributed by atoms with van der Waals surface area (Å²) in [7, 11) is 0. The zero-order valence-corrected chi connectivity index (χ0v) is 18.4. The topological polar surface area (TPSA) is 43.9 Å². The minimum absolute atomic E-state index is 0.0856. The van der Waals surface area contributed by atoms with E-state index < -0.39 is 11.7 Å². The first-order chi connectivity index (χ1) is 15.2. The van der Waals surface area contributed by atoms with Crippen molar-refractivity contribution >= 4 is 11.8 Å². The minimum Gasteiger partial charge on any atom is -0.342 e. The molecule has 1 heterocycles. The van der Waals surface area contributed by atoms with Crippen molar-refractivity contribution < 1.29 is 22.8 Å². The van der Waals surface area contributed by atoms with Gasteiger partial charge in [0.1, 0.15) is 0 Å². The lowest BCUT2D eigenvalue weighted by atomic mass is 9.97. The molecule has 0 unspecified atom stereocenters. The molecular formula is C24H28F3N3O2. The number of benzene rings is 2. The van der Waals surface area contributed by atoms with E-state index in [0.29, 0.717) is 62.5 Å². The van der Waals surface area contributed by atoms with E-state index in [1.165, 1.54) is 12.1 Å². The Bertz CT molecular complexity index is 932. The first-order valence-electron chi connectivity index (χ1n) is 10.8. The van der Waals surface area contributed by atoms with Gasteiger partial charge in [-0.3, -0.25) is 14.5 Å². The van der Waals surface area contributed by atoms with Crippen LogP contribution in [0.5, 0.6) is 0 Å². The fourth-order valence-corrected chi connectivity index (χ4v) is 3.91. The van der Waals surface area contributed by atoms with Gasteiger partial charge in [-0.1, -0.05) is 30.3 Å². The molecule has 8 heteroatoms. The van der Waals surface area contributed by atoms with Gasteiger partial charge in [0.05, 0.1) is 12.1 Å². The second-order valence-corrected chi connectivity index (χ2v) is 7.76. The van der Waals surface area contributed by atoms with Gasteiger partial charge in [0.15, 0.2) is 0 Å². The van der Waals surface area contributed by atoms with Crippen LogP contribution in [-0.2, 0) is 11.0 Å². The van der Waals surface area contributed by atoms with Crippen molar-refractivity contribution in [3.8, 4) is 11.1 Å². The van der Waals surface area contributed by atoms with Gasteiger partial charge in [-0.15, -0.1) is 0 Å². The van der Waals surface area contributed by atoms with Crippen molar-refractivity contribution in [3.05, 3.63) is 59.7 Å². The number of carbonyl (C=O) groups is 2. The van der Waals surface area contributed by atoms with Gasteiger partial charge in [0.2, 0.25) is 5.91 Å². The van der Waals surface area contributed by atoms with E-state index in [1.807, 2.05) is 18.7 Å². The number of halogens is 3. The van der Waals surface area contributed by atoms with E-state index in [0.717, 1.165) is 12.1 Å². The fraction of sp³-hybridized carbons (Fsp3) is 0.417. The van der Waals surface area contributed by atoms with Crippen LogP contribution in [0.2, 0.25) is 0 Å². The summed E-state index contributed by atoms with van der Waals surface area (Å²) in [6, 6.07) is 11.8. The fourth-order valence-electron chi connectivity index (χ4n) is 3.91. The maximum atomic E-state index is 13.2. The lowest BCUT2D eigenvalue weighted by molar-refractivity contribution is -0.137. The molecule has 5 nitrogen and oxygen atoms in total. The number of hydrogen-bond donors (Lipinski definition) is 0.